The average Bonchev–Trinajstić information content (AvgIpc) is 3.39. The first-order valence-electron chi connectivity index (χ1n) is 9.47. The lowest BCUT2D eigenvalue weighted by Crippen LogP contribution is -2.24. The monoisotopic (exact) mass is 421 g/mol. The zero-order chi connectivity index (χ0) is 20.5. The fraction of sp³-hybridized carbons (Fsp3) is 0.238. The van der Waals surface area contributed by atoms with Crippen LogP contribution in [-0.4, -0.2) is 31.5 Å². The zero-order valence-corrected chi connectivity index (χ0v) is 17.3. The molecule has 4 aromatic rings. The maximum Gasteiger partial charge on any atom is 0.257 e. The van der Waals surface area contributed by atoms with Crippen molar-refractivity contribution >= 4 is 11.8 Å². The fourth-order valence-corrected chi connectivity index (χ4v) is 3.90. The van der Waals surface area contributed by atoms with Crippen LogP contribution >= 0.6 is 11.8 Å². The van der Waals surface area contributed by atoms with Gasteiger partial charge in [-0.3, -0.25) is 0 Å². The second-order valence-corrected chi connectivity index (χ2v) is 7.88. The van der Waals surface area contributed by atoms with Crippen molar-refractivity contribution in [1.29, 1.82) is 0 Å². The fourth-order valence-electron chi connectivity index (χ4n) is 3.13. The molecule has 0 unspecified atom stereocenters. The molecule has 1 atom stereocenters. The number of hydrogen-bond acceptors (Lipinski definition) is 8. The van der Waals surface area contributed by atoms with Gasteiger partial charge in [0.05, 0.1) is 5.75 Å². The minimum Gasteiger partial charge on any atom is -0.485 e. The van der Waals surface area contributed by atoms with E-state index in [1.54, 1.807) is 0 Å². The number of benzene rings is 2. The van der Waals surface area contributed by atoms with E-state index in [1.807, 2.05) is 67.1 Å². The number of para-hydroxylation sites is 2. The minimum atomic E-state index is -0.315. The molecule has 3 heterocycles. The van der Waals surface area contributed by atoms with Crippen molar-refractivity contribution in [1.82, 2.24) is 24.9 Å². The molecule has 30 heavy (non-hydrogen) atoms. The van der Waals surface area contributed by atoms with E-state index in [4.69, 9.17) is 14.0 Å². The van der Waals surface area contributed by atoms with Crippen molar-refractivity contribution in [2.24, 2.45) is 7.05 Å². The smallest absolute Gasteiger partial charge is 0.257 e. The highest BCUT2D eigenvalue weighted by atomic mass is 32.2. The quantitative estimate of drug-likeness (QED) is 0.447. The standard InChI is InChI=1S/C21H19N5O3S/c1-13-7-9-14(10-8-13)20-22-18(25-29-20)12-30-21-24-23-19(26(21)2)17-11-27-15-5-3-4-6-16(15)28-17/h3-10,17H,11-12H2,1-2H3/t17-/m0/s1. The number of fused-ring (bicyclic) bond motifs is 1. The molecule has 2 aromatic carbocycles. The van der Waals surface area contributed by atoms with E-state index in [9.17, 15) is 0 Å². The Morgan fingerprint density at radius 3 is 2.70 bits per heavy atom. The summed E-state index contributed by atoms with van der Waals surface area (Å²) in [7, 11) is 1.91. The van der Waals surface area contributed by atoms with E-state index >= 15 is 0 Å². The number of aromatic nitrogens is 5. The average molecular weight is 421 g/mol. The Bertz CT molecular complexity index is 1170. The number of aryl methyl sites for hydroxylation is 1. The lowest BCUT2D eigenvalue weighted by atomic mass is 10.1. The van der Waals surface area contributed by atoms with Gasteiger partial charge in [-0.25, -0.2) is 0 Å². The van der Waals surface area contributed by atoms with Gasteiger partial charge in [-0.15, -0.1) is 10.2 Å². The van der Waals surface area contributed by atoms with Crippen molar-refractivity contribution in [2.45, 2.75) is 23.9 Å². The Morgan fingerprint density at radius 2 is 1.87 bits per heavy atom. The zero-order valence-electron chi connectivity index (χ0n) is 16.5. The van der Waals surface area contributed by atoms with Crippen molar-refractivity contribution in [3.05, 3.63) is 65.7 Å². The normalized spacial score (nSPS) is 15.3. The van der Waals surface area contributed by atoms with Gasteiger partial charge in [0.2, 0.25) is 0 Å². The van der Waals surface area contributed by atoms with Crippen LogP contribution in [0.4, 0.5) is 0 Å². The van der Waals surface area contributed by atoms with E-state index in [0.29, 0.717) is 35.6 Å². The molecular weight excluding hydrogens is 402 g/mol. The Kier molecular flexibility index (Phi) is 4.88. The van der Waals surface area contributed by atoms with Crippen LogP contribution in [0.5, 0.6) is 11.5 Å². The van der Waals surface area contributed by atoms with E-state index in [-0.39, 0.29) is 6.10 Å². The Hall–Kier alpha value is -3.33. The number of rotatable bonds is 5. The number of hydrogen-bond donors (Lipinski definition) is 0. The Morgan fingerprint density at radius 1 is 1.07 bits per heavy atom. The number of nitrogens with zero attached hydrogens (tertiary/aromatic N) is 5. The van der Waals surface area contributed by atoms with Gasteiger partial charge in [0.25, 0.3) is 5.89 Å². The predicted molar refractivity (Wildman–Crippen MR) is 110 cm³/mol. The maximum atomic E-state index is 6.04. The highest BCUT2D eigenvalue weighted by Gasteiger charge is 2.27. The van der Waals surface area contributed by atoms with Gasteiger partial charge in [0, 0.05) is 12.6 Å². The van der Waals surface area contributed by atoms with Crippen LogP contribution < -0.4 is 9.47 Å². The molecule has 152 valence electrons. The second kappa shape index (κ2) is 7.83. The first-order valence-corrected chi connectivity index (χ1v) is 10.5. The SMILES string of the molecule is Cc1ccc(-c2nc(CSc3nnc([C@@H]4COc5ccccc5O4)n3C)no2)cc1. The van der Waals surface area contributed by atoms with E-state index in [2.05, 4.69) is 20.3 Å². The third-order valence-corrected chi connectivity index (χ3v) is 5.78. The summed E-state index contributed by atoms with van der Waals surface area (Å²) < 4.78 is 19.1. The van der Waals surface area contributed by atoms with Crippen molar-refractivity contribution < 1.29 is 14.0 Å². The molecule has 1 aliphatic heterocycles. The van der Waals surface area contributed by atoms with Crippen LogP contribution in [0.3, 0.4) is 0 Å². The lowest BCUT2D eigenvalue weighted by Gasteiger charge is -2.25. The summed E-state index contributed by atoms with van der Waals surface area (Å²) in [6.07, 6.45) is -0.315. The summed E-state index contributed by atoms with van der Waals surface area (Å²) >= 11 is 1.49. The van der Waals surface area contributed by atoms with Crippen LogP contribution in [0.15, 0.2) is 58.2 Å². The molecule has 0 bridgehead atoms. The molecule has 9 heteroatoms. The summed E-state index contributed by atoms with van der Waals surface area (Å²) in [5.74, 6) is 3.79. The summed E-state index contributed by atoms with van der Waals surface area (Å²) in [6, 6.07) is 15.6. The van der Waals surface area contributed by atoms with Gasteiger partial charge in [0.15, 0.2) is 34.4 Å². The van der Waals surface area contributed by atoms with Crippen LogP contribution in [-0.2, 0) is 12.8 Å². The summed E-state index contributed by atoms with van der Waals surface area (Å²) in [5, 5.41) is 13.4. The molecule has 0 saturated carbocycles. The van der Waals surface area contributed by atoms with E-state index in [0.717, 1.165) is 16.5 Å². The molecule has 1 aliphatic rings. The van der Waals surface area contributed by atoms with E-state index in [1.165, 1.54) is 17.3 Å². The molecule has 5 rings (SSSR count). The summed E-state index contributed by atoms with van der Waals surface area (Å²) in [5.41, 5.74) is 2.09. The largest absolute Gasteiger partial charge is 0.485 e. The topological polar surface area (TPSA) is 88.1 Å². The van der Waals surface area contributed by atoms with Gasteiger partial charge in [-0.2, -0.15) is 4.98 Å². The molecular formula is C21H19N5O3S. The summed E-state index contributed by atoms with van der Waals surface area (Å²) in [4.78, 5) is 4.48. The van der Waals surface area contributed by atoms with Crippen molar-refractivity contribution in [3.8, 4) is 23.0 Å². The molecule has 0 fully saturated rings. The Balaban J connectivity index is 1.26. The van der Waals surface area contributed by atoms with Crippen molar-refractivity contribution in [2.75, 3.05) is 6.61 Å². The van der Waals surface area contributed by atoms with Crippen LogP contribution in [0, 0.1) is 6.92 Å². The van der Waals surface area contributed by atoms with E-state index < -0.39 is 0 Å². The first kappa shape index (κ1) is 18.7. The van der Waals surface area contributed by atoms with Gasteiger partial charge in [0.1, 0.15) is 6.61 Å². The van der Waals surface area contributed by atoms with Gasteiger partial charge >= 0.3 is 0 Å². The molecule has 2 aromatic heterocycles. The molecule has 0 amide bonds. The van der Waals surface area contributed by atoms with Crippen LogP contribution in [0.1, 0.15) is 23.3 Å². The molecule has 0 N–H and O–H groups in total. The first-order chi connectivity index (χ1) is 14.7. The lowest BCUT2D eigenvalue weighted by molar-refractivity contribution is 0.0825. The minimum absolute atomic E-state index is 0.315. The third kappa shape index (κ3) is 3.63. The maximum absolute atomic E-state index is 6.04. The van der Waals surface area contributed by atoms with Crippen molar-refractivity contribution in [3.63, 3.8) is 0 Å². The molecule has 0 radical (unpaired) electrons. The van der Waals surface area contributed by atoms with Gasteiger partial charge in [-0.05, 0) is 31.2 Å². The highest BCUT2D eigenvalue weighted by molar-refractivity contribution is 7.98. The summed E-state index contributed by atoms with van der Waals surface area (Å²) in [6.45, 7) is 2.43. The van der Waals surface area contributed by atoms with Crippen LogP contribution in [0.2, 0.25) is 0 Å². The second-order valence-electron chi connectivity index (χ2n) is 6.93. The van der Waals surface area contributed by atoms with Gasteiger partial charge in [-0.1, -0.05) is 46.7 Å². The third-order valence-electron chi connectivity index (χ3n) is 4.76. The predicted octanol–water partition coefficient (Wildman–Crippen LogP) is 3.98. The highest BCUT2D eigenvalue weighted by Crippen LogP contribution is 2.36. The number of ether oxygens (including phenoxy) is 2. The van der Waals surface area contributed by atoms with Crippen LogP contribution in [0.25, 0.3) is 11.5 Å². The molecule has 8 nitrogen and oxygen atoms in total. The molecule has 0 spiro atoms. The van der Waals surface area contributed by atoms with Gasteiger partial charge < -0.3 is 18.6 Å². The Labute approximate surface area is 177 Å². The molecule has 0 aliphatic carbocycles. The molecule has 0 saturated heterocycles. The number of thioether (sulfide) groups is 1.